The monoisotopic (exact) mass is 327 g/mol. The van der Waals surface area contributed by atoms with Crippen LogP contribution in [0.5, 0.6) is 5.75 Å². The lowest BCUT2D eigenvalue weighted by atomic mass is 10.3. The highest BCUT2D eigenvalue weighted by atomic mass is 35.5. The normalized spacial score (nSPS) is 13.7. The number of halogens is 1. The number of benzene rings is 1. The van der Waals surface area contributed by atoms with Gasteiger partial charge in [-0.05, 0) is 37.7 Å². The molecule has 0 atom stereocenters. The molecular weight excluding hydrogens is 306 g/mol. The van der Waals surface area contributed by atoms with Crippen LogP contribution in [0.1, 0.15) is 12.8 Å². The number of carbonyl (C=O) groups is 2. The van der Waals surface area contributed by atoms with Gasteiger partial charge in [0.15, 0.2) is 6.61 Å². The van der Waals surface area contributed by atoms with E-state index in [2.05, 4.69) is 10.6 Å². The molecule has 122 valence electrons. The summed E-state index contributed by atoms with van der Waals surface area (Å²) in [5, 5.41) is 5.68. The standard InChI is InChI=1S/C15H21N3O3.ClH/c1-16-8-9-17-14(19)11-21-13-6-4-12(5-7-13)18-10-2-3-15(18)20;/h4-7,16H,2-3,8-11H2,1H3,(H,17,19);1H. The van der Waals surface area contributed by atoms with Crippen molar-refractivity contribution in [2.45, 2.75) is 12.8 Å². The van der Waals surface area contributed by atoms with Gasteiger partial charge in [0.2, 0.25) is 5.91 Å². The molecule has 1 fully saturated rings. The first-order chi connectivity index (χ1) is 10.2. The van der Waals surface area contributed by atoms with E-state index in [0.29, 0.717) is 18.7 Å². The van der Waals surface area contributed by atoms with Gasteiger partial charge >= 0.3 is 0 Å². The van der Waals surface area contributed by atoms with Gasteiger partial charge in [0.05, 0.1) is 0 Å². The first kappa shape index (κ1) is 18.3. The summed E-state index contributed by atoms with van der Waals surface area (Å²) in [7, 11) is 1.83. The molecule has 22 heavy (non-hydrogen) atoms. The molecule has 0 aliphatic carbocycles. The molecule has 0 saturated carbocycles. The van der Waals surface area contributed by atoms with Crippen molar-refractivity contribution in [2.24, 2.45) is 0 Å². The van der Waals surface area contributed by atoms with E-state index in [1.807, 2.05) is 19.2 Å². The quantitative estimate of drug-likeness (QED) is 0.732. The Morgan fingerprint density at radius 1 is 1.27 bits per heavy atom. The van der Waals surface area contributed by atoms with Crippen molar-refractivity contribution in [3.05, 3.63) is 24.3 Å². The Labute approximate surface area is 136 Å². The molecule has 1 aromatic carbocycles. The fourth-order valence-corrected chi connectivity index (χ4v) is 2.17. The highest BCUT2D eigenvalue weighted by Gasteiger charge is 2.21. The van der Waals surface area contributed by atoms with E-state index in [4.69, 9.17) is 4.74 Å². The molecule has 0 spiro atoms. The third-order valence-corrected chi connectivity index (χ3v) is 3.29. The van der Waals surface area contributed by atoms with Crippen molar-refractivity contribution in [1.29, 1.82) is 0 Å². The second-order valence-electron chi connectivity index (χ2n) is 4.89. The van der Waals surface area contributed by atoms with E-state index < -0.39 is 0 Å². The fourth-order valence-electron chi connectivity index (χ4n) is 2.17. The van der Waals surface area contributed by atoms with Crippen molar-refractivity contribution < 1.29 is 14.3 Å². The Balaban J connectivity index is 0.00000242. The van der Waals surface area contributed by atoms with Crippen LogP contribution in [-0.2, 0) is 9.59 Å². The van der Waals surface area contributed by atoms with Crippen LogP contribution >= 0.6 is 12.4 Å². The highest BCUT2D eigenvalue weighted by molar-refractivity contribution is 5.95. The van der Waals surface area contributed by atoms with Crippen molar-refractivity contribution in [2.75, 3.05) is 38.2 Å². The minimum atomic E-state index is -0.149. The van der Waals surface area contributed by atoms with Crippen molar-refractivity contribution in [3.63, 3.8) is 0 Å². The third-order valence-electron chi connectivity index (χ3n) is 3.29. The Bertz CT molecular complexity index is 493. The second kappa shape index (κ2) is 9.27. The first-order valence-corrected chi connectivity index (χ1v) is 7.15. The Morgan fingerprint density at radius 2 is 2.00 bits per heavy atom. The zero-order valence-corrected chi connectivity index (χ0v) is 13.4. The number of hydrogen-bond donors (Lipinski definition) is 2. The summed E-state index contributed by atoms with van der Waals surface area (Å²) in [5.74, 6) is 0.630. The summed E-state index contributed by atoms with van der Waals surface area (Å²) in [6.45, 7) is 2.07. The van der Waals surface area contributed by atoms with Gasteiger partial charge in [-0.2, -0.15) is 0 Å². The van der Waals surface area contributed by atoms with Gasteiger partial charge in [-0.15, -0.1) is 12.4 Å². The van der Waals surface area contributed by atoms with Gasteiger partial charge in [-0.3, -0.25) is 9.59 Å². The van der Waals surface area contributed by atoms with E-state index in [1.165, 1.54) is 0 Å². The lowest BCUT2D eigenvalue weighted by Crippen LogP contribution is -2.33. The van der Waals surface area contributed by atoms with Crippen LogP contribution in [0.3, 0.4) is 0 Å². The summed E-state index contributed by atoms with van der Waals surface area (Å²) in [5.41, 5.74) is 0.878. The smallest absolute Gasteiger partial charge is 0.257 e. The maximum Gasteiger partial charge on any atom is 0.257 e. The number of carbonyl (C=O) groups excluding carboxylic acids is 2. The van der Waals surface area contributed by atoms with Gasteiger partial charge in [0.25, 0.3) is 5.91 Å². The molecule has 1 heterocycles. The molecule has 0 unspecified atom stereocenters. The molecule has 0 bridgehead atoms. The topological polar surface area (TPSA) is 70.7 Å². The molecule has 0 aromatic heterocycles. The van der Waals surface area contributed by atoms with E-state index in [9.17, 15) is 9.59 Å². The van der Waals surface area contributed by atoms with Crippen LogP contribution in [0.15, 0.2) is 24.3 Å². The predicted molar refractivity (Wildman–Crippen MR) is 87.7 cm³/mol. The van der Waals surface area contributed by atoms with Gasteiger partial charge < -0.3 is 20.3 Å². The number of hydrogen-bond acceptors (Lipinski definition) is 4. The van der Waals surface area contributed by atoms with Crippen molar-refractivity contribution in [3.8, 4) is 5.75 Å². The average Bonchev–Trinajstić information content (AvgIpc) is 2.92. The molecule has 0 radical (unpaired) electrons. The van der Waals surface area contributed by atoms with Crippen LogP contribution in [0.2, 0.25) is 0 Å². The number of rotatable bonds is 7. The van der Waals surface area contributed by atoms with E-state index in [1.54, 1.807) is 17.0 Å². The SMILES string of the molecule is CNCCNC(=O)COc1ccc(N2CCCC2=O)cc1.Cl. The average molecular weight is 328 g/mol. The summed E-state index contributed by atoms with van der Waals surface area (Å²) < 4.78 is 5.41. The van der Waals surface area contributed by atoms with Crippen LogP contribution in [0.4, 0.5) is 5.69 Å². The minimum absolute atomic E-state index is 0. The molecule has 1 saturated heterocycles. The second-order valence-corrected chi connectivity index (χ2v) is 4.89. The van der Waals surface area contributed by atoms with E-state index in [-0.39, 0.29) is 30.8 Å². The predicted octanol–water partition coefficient (Wildman–Crippen LogP) is 0.950. The first-order valence-electron chi connectivity index (χ1n) is 7.15. The summed E-state index contributed by atoms with van der Waals surface area (Å²) in [4.78, 5) is 24.9. The van der Waals surface area contributed by atoms with Gasteiger partial charge in [-0.25, -0.2) is 0 Å². The third kappa shape index (κ3) is 5.20. The fraction of sp³-hybridized carbons (Fsp3) is 0.467. The number of nitrogens with one attached hydrogen (secondary N) is 2. The molecule has 7 heteroatoms. The van der Waals surface area contributed by atoms with Crippen LogP contribution in [0, 0.1) is 0 Å². The number of ether oxygens (including phenoxy) is 1. The minimum Gasteiger partial charge on any atom is -0.484 e. The van der Waals surface area contributed by atoms with Crippen molar-refractivity contribution in [1.82, 2.24) is 10.6 Å². The van der Waals surface area contributed by atoms with E-state index in [0.717, 1.165) is 25.2 Å². The van der Waals surface area contributed by atoms with Gasteiger partial charge in [-0.1, -0.05) is 0 Å². The maximum atomic E-state index is 11.6. The van der Waals surface area contributed by atoms with Crippen LogP contribution < -0.4 is 20.3 Å². The number of anilines is 1. The van der Waals surface area contributed by atoms with E-state index >= 15 is 0 Å². The Kier molecular flexibility index (Phi) is 7.70. The zero-order valence-electron chi connectivity index (χ0n) is 12.6. The molecular formula is C15H22ClN3O3. The molecule has 2 amide bonds. The number of nitrogens with zero attached hydrogens (tertiary/aromatic N) is 1. The van der Waals surface area contributed by atoms with Gasteiger partial charge in [0.1, 0.15) is 5.75 Å². The molecule has 1 aliphatic heterocycles. The molecule has 1 aromatic rings. The Morgan fingerprint density at radius 3 is 2.59 bits per heavy atom. The van der Waals surface area contributed by atoms with Gasteiger partial charge in [0, 0.05) is 31.7 Å². The summed E-state index contributed by atoms with van der Waals surface area (Å²) in [6, 6.07) is 7.25. The number of amides is 2. The van der Waals surface area contributed by atoms with Crippen LogP contribution in [-0.4, -0.2) is 45.1 Å². The Hall–Kier alpha value is -1.79. The maximum absolute atomic E-state index is 11.6. The lowest BCUT2D eigenvalue weighted by Gasteiger charge is -2.16. The number of likely N-dealkylation sites (N-methyl/N-ethyl adjacent to an activating group) is 1. The molecule has 6 nitrogen and oxygen atoms in total. The van der Waals surface area contributed by atoms with Crippen molar-refractivity contribution >= 4 is 29.9 Å². The summed E-state index contributed by atoms with van der Waals surface area (Å²) >= 11 is 0. The summed E-state index contributed by atoms with van der Waals surface area (Å²) in [6.07, 6.45) is 1.52. The molecule has 2 N–H and O–H groups in total. The highest BCUT2D eigenvalue weighted by Crippen LogP contribution is 2.23. The molecule has 2 rings (SSSR count). The molecule has 1 aliphatic rings. The largest absolute Gasteiger partial charge is 0.484 e. The zero-order chi connectivity index (χ0) is 15.1. The lowest BCUT2D eigenvalue weighted by molar-refractivity contribution is -0.123. The van der Waals surface area contributed by atoms with Crippen LogP contribution in [0.25, 0.3) is 0 Å².